The van der Waals surface area contributed by atoms with E-state index in [2.05, 4.69) is 10.1 Å². The lowest BCUT2D eigenvalue weighted by molar-refractivity contribution is -0.384. The number of rotatable bonds is 6. The van der Waals surface area contributed by atoms with Gasteiger partial charge in [0.1, 0.15) is 0 Å². The summed E-state index contributed by atoms with van der Waals surface area (Å²) in [5.41, 5.74) is -0.595. The summed E-state index contributed by atoms with van der Waals surface area (Å²) in [6.45, 7) is -0.636. The van der Waals surface area contributed by atoms with Gasteiger partial charge in [-0.1, -0.05) is 12.1 Å². The van der Waals surface area contributed by atoms with Crippen molar-refractivity contribution in [3.05, 3.63) is 75.8 Å². The van der Waals surface area contributed by atoms with E-state index in [1.807, 2.05) is 0 Å². The van der Waals surface area contributed by atoms with Gasteiger partial charge >= 0.3 is 12.1 Å². The molecule has 0 unspecified atom stereocenters. The number of nitrogens with one attached hydrogen (secondary N) is 1. The maximum Gasteiger partial charge on any atom is 0.416 e. The normalized spacial score (nSPS) is 11.2. The molecule has 1 N–H and O–H groups in total. The molecule has 0 aliphatic carbocycles. The van der Waals surface area contributed by atoms with Gasteiger partial charge in [0.25, 0.3) is 11.6 Å². The number of nitro benzene ring substituents is 1. The highest BCUT2D eigenvalue weighted by Gasteiger charge is 2.30. The number of carbonyl (C=O) groups is 2. The van der Waals surface area contributed by atoms with Crippen molar-refractivity contribution in [1.82, 2.24) is 0 Å². The second kappa shape index (κ2) is 8.80. The quantitative estimate of drug-likeness (QED) is 0.348. The van der Waals surface area contributed by atoms with Crippen molar-refractivity contribution >= 4 is 29.3 Å². The summed E-state index contributed by atoms with van der Waals surface area (Å²) in [7, 11) is 0. The summed E-state index contributed by atoms with van der Waals surface area (Å²) in [5.74, 6) is -1.61. The molecule has 2 rings (SSSR count). The standard InChI is InChI=1S/C18H13F3N2O5/c19-18(20,21)13-3-1-2-12(10-13)4-9-17(25)28-11-16(24)22-14-5-7-15(8-6-14)23(26)27/h1-10H,11H2,(H,22,24). The van der Waals surface area contributed by atoms with Crippen LogP contribution >= 0.6 is 0 Å². The lowest BCUT2D eigenvalue weighted by Gasteiger charge is -2.07. The number of nitro groups is 1. The minimum Gasteiger partial charge on any atom is -0.452 e. The van der Waals surface area contributed by atoms with Crippen LogP contribution in [-0.2, 0) is 20.5 Å². The van der Waals surface area contributed by atoms with Crippen molar-refractivity contribution in [2.75, 3.05) is 11.9 Å². The zero-order chi connectivity index (χ0) is 20.7. The van der Waals surface area contributed by atoms with Crippen LogP contribution in [0.15, 0.2) is 54.6 Å². The Morgan fingerprint density at radius 3 is 2.43 bits per heavy atom. The van der Waals surface area contributed by atoms with Crippen LogP contribution in [0.4, 0.5) is 24.5 Å². The maximum absolute atomic E-state index is 12.6. The van der Waals surface area contributed by atoms with Crippen LogP contribution in [0.5, 0.6) is 0 Å². The van der Waals surface area contributed by atoms with Gasteiger partial charge in [-0.2, -0.15) is 13.2 Å². The first-order chi connectivity index (χ1) is 13.1. The van der Waals surface area contributed by atoms with Gasteiger partial charge in [0.05, 0.1) is 10.5 Å². The van der Waals surface area contributed by atoms with Gasteiger partial charge in [0.2, 0.25) is 0 Å². The number of non-ortho nitro benzene ring substituents is 1. The van der Waals surface area contributed by atoms with Gasteiger partial charge in [-0.25, -0.2) is 4.79 Å². The average Bonchev–Trinajstić information content (AvgIpc) is 2.64. The smallest absolute Gasteiger partial charge is 0.416 e. The largest absolute Gasteiger partial charge is 0.452 e. The molecule has 10 heteroatoms. The number of benzene rings is 2. The summed E-state index contributed by atoms with van der Waals surface area (Å²) in [4.78, 5) is 33.2. The monoisotopic (exact) mass is 394 g/mol. The van der Waals surface area contributed by atoms with Gasteiger partial charge in [-0.3, -0.25) is 14.9 Å². The highest BCUT2D eigenvalue weighted by atomic mass is 19.4. The van der Waals surface area contributed by atoms with E-state index >= 15 is 0 Å². The van der Waals surface area contributed by atoms with E-state index in [4.69, 9.17) is 0 Å². The molecule has 0 heterocycles. The Morgan fingerprint density at radius 2 is 1.82 bits per heavy atom. The number of amides is 1. The molecule has 0 spiro atoms. The SMILES string of the molecule is O=C(COC(=O)C=Cc1cccc(C(F)(F)F)c1)Nc1ccc([N+](=O)[O-])cc1. The minimum atomic E-state index is -4.50. The van der Waals surface area contributed by atoms with Crippen LogP contribution in [0.1, 0.15) is 11.1 Å². The molecule has 0 atom stereocenters. The third kappa shape index (κ3) is 6.24. The predicted molar refractivity (Wildman–Crippen MR) is 93.2 cm³/mol. The number of alkyl halides is 3. The van der Waals surface area contributed by atoms with Crippen LogP contribution < -0.4 is 5.32 Å². The number of nitrogens with zero attached hydrogens (tertiary/aromatic N) is 1. The number of carbonyl (C=O) groups excluding carboxylic acids is 2. The minimum absolute atomic E-state index is 0.141. The third-order valence-electron chi connectivity index (χ3n) is 3.33. The number of hydrogen-bond donors (Lipinski definition) is 1. The Hall–Kier alpha value is -3.69. The van der Waals surface area contributed by atoms with Gasteiger partial charge in [-0.05, 0) is 35.9 Å². The van der Waals surface area contributed by atoms with Crippen molar-refractivity contribution in [1.29, 1.82) is 0 Å². The van der Waals surface area contributed by atoms with E-state index in [9.17, 15) is 32.9 Å². The molecular weight excluding hydrogens is 381 g/mol. The second-order valence-corrected chi connectivity index (χ2v) is 5.42. The molecule has 0 aromatic heterocycles. The Kier molecular flexibility index (Phi) is 6.48. The Labute approximate surface area is 156 Å². The van der Waals surface area contributed by atoms with Crippen LogP contribution in [0.2, 0.25) is 0 Å². The maximum atomic E-state index is 12.6. The van der Waals surface area contributed by atoms with E-state index in [1.54, 1.807) is 0 Å². The van der Waals surface area contributed by atoms with Crippen molar-refractivity contribution in [2.45, 2.75) is 6.18 Å². The van der Waals surface area contributed by atoms with Crippen LogP contribution in [-0.4, -0.2) is 23.4 Å². The molecule has 28 heavy (non-hydrogen) atoms. The van der Waals surface area contributed by atoms with Crippen molar-refractivity contribution in [2.24, 2.45) is 0 Å². The Balaban J connectivity index is 1.85. The van der Waals surface area contributed by atoms with Gasteiger partial charge < -0.3 is 10.1 Å². The summed E-state index contributed by atoms with van der Waals surface area (Å²) in [6, 6.07) is 9.35. The van der Waals surface area contributed by atoms with Crippen molar-refractivity contribution in [3.8, 4) is 0 Å². The molecule has 0 aliphatic heterocycles. The van der Waals surface area contributed by atoms with E-state index < -0.39 is 35.1 Å². The lowest BCUT2D eigenvalue weighted by Crippen LogP contribution is -2.20. The number of anilines is 1. The highest BCUT2D eigenvalue weighted by molar-refractivity contribution is 5.94. The van der Waals surface area contributed by atoms with Crippen molar-refractivity contribution in [3.63, 3.8) is 0 Å². The lowest BCUT2D eigenvalue weighted by atomic mass is 10.1. The third-order valence-corrected chi connectivity index (χ3v) is 3.33. The van der Waals surface area contributed by atoms with E-state index in [0.717, 1.165) is 24.3 Å². The van der Waals surface area contributed by atoms with E-state index in [0.29, 0.717) is 0 Å². The topological polar surface area (TPSA) is 98.5 Å². The fraction of sp³-hybridized carbons (Fsp3) is 0.111. The molecule has 1 amide bonds. The Morgan fingerprint density at radius 1 is 1.14 bits per heavy atom. The summed E-state index contributed by atoms with van der Waals surface area (Å²) >= 11 is 0. The molecule has 0 saturated heterocycles. The Bertz CT molecular complexity index is 908. The fourth-order valence-corrected chi connectivity index (χ4v) is 2.03. The molecule has 2 aromatic carbocycles. The molecule has 0 fully saturated rings. The molecule has 146 valence electrons. The summed E-state index contributed by atoms with van der Waals surface area (Å²) in [5, 5.41) is 12.9. The summed E-state index contributed by atoms with van der Waals surface area (Å²) < 4.78 is 42.6. The number of ether oxygens (including phenoxy) is 1. The highest BCUT2D eigenvalue weighted by Crippen LogP contribution is 2.29. The molecule has 7 nitrogen and oxygen atoms in total. The summed E-state index contributed by atoms with van der Waals surface area (Å²) in [6.07, 6.45) is -2.47. The van der Waals surface area contributed by atoms with Crippen LogP contribution in [0, 0.1) is 10.1 Å². The van der Waals surface area contributed by atoms with Gasteiger partial charge in [0.15, 0.2) is 6.61 Å². The number of halogens is 3. The van der Waals surface area contributed by atoms with Gasteiger partial charge in [0, 0.05) is 23.9 Å². The van der Waals surface area contributed by atoms with E-state index in [1.165, 1.54) is 36.4 Å². The van der Waals surface area contributed by atoms with Crippen molar-refractivity contribution < 1.29 is 32.4 Å². The molecule has 0 bridgehead atoms. The first-order valence-electron chi connectivity index (χ1n) is 7.71. The fourth-order valence-electron chi connectivity index (χ4n) is 2.03. The van der Waals surface area contributed by atoms with Crippen LogP contribution in [0.3, 0.4) is 0 Å². The van der Waals surface area contributed by atoms with E-state index in [-0.39, 0.29) is 16.9 Å². The van der Waals surface area contributed by atoms with Crippen LogP contribution in [0.25, 0.3) is 6.08 Å². The zero-order valence-electron chi connectivity index (χ0n) is 14.1. The molecule has 0 saturated carbocycles. The molecule has 0 aliphatic rings. The first kappa shape index (κ1) is 20.6. The van der Waals surface area contributed by atoms with Gasteiger partial charge in [-0.15, -0.1) is 0 Å². The predicted octanol–water partition coefficient (Wildman–Crippen LogP) is 3.81. The number of esters is 1. The average molecular weight is 394 g/mol. The molecule has 2 aromatic rings. The number of hydrogen-bond acceptors (Lipinski definition) is 5. The zero-order valence-corrected chi connectivity index (χ0v) is 14.1. The molecule has 0 radical (unpaired) electrons. The molecular formula is C18H13F3N2O5. The second-order valence-electron chi connectivity index (χ2n) is 5.42. The first-order valence-corrected chi connectivity index (χ1v) is 7.71.